The van der Waals surface area contributed by atoms with E-state index in [0.717, 1.165) is 57.8 Å². The highest BCUT2D eigenvalue weighted by Gasteiger charge is 2.72. The van der Waals surface area contributed by atoms with Crippen LogP contribution in [0.1, 0.15) is 175 Å². The molecule has 0 saturated carbocycles. The van der Waals surface area contributed by atoms with E-state index in [2.05, 4.69) is 139 Å². The zero-order valence-electron chi connectivity index (χ0n) is 34.0. The van der Waals surface area contributed by atoms with Gasteiger partial charge in [-0.2, -0.15) is 0 Å². The summed E-state index contributed by atoms with van der Waals surface area (Å²) >= 11 is 0. The van der Waals surface area contributed by atoms with Crippen LogP contribution in [0, 0.1) is 34.5 Å². The summed E-state index contributed by atoms with van der Waals surface area (Å²) in [6.45, 7) is 39.9. The molecule has 0 radical (unpaired) electrons. The predicted octanol–water partition coefficient (Wildman–Crippen LogP) is 8.68. The molecule has 0 aromatic heterocycles. The fraction of sp³-hybridized carbons (Fsp3) is 0.976. The van der Waals surface area contributed by atoms with Crippen LogP contribution in [-0.4, -0.2) is 55.4 Å². The van der Waals surface area contributed by atoms with Crippen molar-refractivity contribution in [3.05, 3.63) is 0 Å². The molecule has 4 fully saturated rings. The van der Waals surface area contributed by atoms with Crippen molar-refractivity contribution < 1.29 is 9.90 Å². The van der Waals surface area contributed by atoms with E-state index in [0.29, 0.717) is 0 Å². The molecule has 4 heterocycles. The van der Waals surface area contributed by atoms with Crippen LogP contribution in [0.5, 0.6) is 0 Å². The topological polar surface area (TPSA) is 85.4 Å². The molecule has 0 aromatic carbocycles. The van der Waals surface area contributed by atoms with Crippen molar-refractivity contribution in [2.24, 2.45) is 34.5 Å². The molecule has 0 spiro atoms. The fourth-order valence-corrected chi connectivity index (χ4v) is 14.2. The van der Waals surface area contributed by atoms with Crippen LogP contribution in [0.2, 0.25) is 0 Å². The standard InChI is InChI=1S/C41H78N4O2/c1-18-40(27-19-32(2,3)42-33(4,5)20-27,28-21-34(6,7)43-35(8,9)22-28)41(31(46)47,29-23-36(10,11)44-37(12,13)24-29)30-25-38(14,15)45-39(16,17)26-30/h27-30,42-45H,18-26H2,1-17H3,(H,46,47). The lowest BCUT2D eigenvalue weighted by Gasteiger charge is -2.69. The Morgan fingerprint density at radius 1 is 0.468 bits per heavy atom. The zero-order chi connectivity index (χ0) is 36.1. The van der Waals surface area contributed by atoms with Crippen molar-refractivity contribution in [2.75, 3.05) is 0 Å². The summed E-state index contributed by atoms with van der Waals surface area (Å²) in [6.07, 6.45) is 8.41. The van der Waals surface area contributed by atoms with Crippen molar-refractivity contribution in [3.8, 4) is 0 Å². The molecule has 5 N–H and O–H groups in total. The van der Waals surface area contributed by atoms with Crippen LogP contribution >= 0.6 is 0 Å². The van der Waals surface area contributed by atoms with Crippen molar-refractivity contribution in [3.63, 3.8) is 0 Å². The van der Waals surface area contributed by atoms with E-state index in [4.69, 9.17) is 0 Å². The largest absolute Gasteiger partial charge is 0.481 e. The Labute approximate surface area is 290 Å². The summed E-state index contributed by atoms with van der Waals surface area (Å²) in [4.78, 5) is 15.3. The van der Waals surface area contributed by atoms with E-state index in [-0.39, 0.29) is 68.0 Å². The van der Waals surface area contributed by atoms with Gasteiger partial charge in [-0.05, 0) is 198 Å². The number of nitrogens with one attached hydrogen (secondary N) is 4. The van der Waals surface area contributed by atoms with E-state index in [1.807, 2.05) is 0 Å². The summed E-state index contributed by atoms with van der Waals surface area (Å²) in [7, 11) is 0. The van der Waals surface area contributed by atoms with Crippen LogP contribution in [0.3, 0.4) is 0 Å². The highest BCUT2D eigenvalue weighted by Crippen LogP contribution is 2.70. The van der Waals surface area contributed by atoms with Gasteiger partial charge in [-0.1, -0.05) is 6.92 Å². The first-order chi connectivity index (χ1) is 20.8. The molecule has 47 heavy (non-hydrogen) atoms. The number of carbonyl (C=O) groups is 1. The Hall–Kier alpha value is -0.690. The molecule has 0 unspecified atom stereocenters. The van der Waals surface area contributed by atoms with Crippen LogP contribution in [0.4, 0.5) is 0 Å². The first-order valence-electron chi connectivity index (χ1n) is 19.2. The van der Waals surface area contributed by atoms with Gasteiger partial charge in [0.1, 0.15) is 0 Å². The number of carboxylic acid groups (broad SMARTS) is 1. The molecule has 4 rings (SSSR count). The van der Waals surface area contributed by atoms with Gasteiger partial charge in [0, 0.05) is 44.3 Å². The SMILES string of the molecule is CCC(C1CC(C)(C)NC(C)(C)C1)(C1CC(C)(C)NC(C)(C)C1)C(C(=O)O)(C1CC(C)(C)NC(C)(C)C1)C1CC(C)(C)NC(C)(C)C1. The van der Waals surface area contributed by atoms with Gasteiger partial charge in [-0.25, -0.2) is 0 Å². The third-order valence-corrected chi connectivity index (χ3v) is 13.2. The first-order valence-corrected chi connectivity index (χ1v) is 19.2. The highest BCUT2D eigenvalue weighted by atomic mass is 16.4. The smallest absolute Gasteiger partial charge is 0.310 e. The minimum absolute atomic E-state index is 0.0446. The van der Waals surface area contributed by atoms with E-state index in [1.54, 1.807) is 0 Å². The highest BCUT2D eigenvalue weighted by molar-refractivity contribution is 5.77. The van der Waals surface area contributed by atoms with Gasteiger partial charge in [0.2, 0.25) is 0 Å². The van der Waals surface area contributed by atoms with Gasteiger partial charge in [-0.3, -0.25) is 4.79 Å². The molecule has 4 saturated heterocycles. The molecule has 274 valence electrons. The van der Waals surface area contributed by atoms with Crippen LogP contribution in [-0.2, 0) is 4.79 Å². The minimum atomic E-state index is -0.905. The predicted molar refractivity (Wildman–Crippen MR) is 199 cm³/mol. The summed E-state index contributed by atoms with van der Waals surface area (Å²) < 4.78 is 0. The van der Waals surface area contributed by atoms with Crippen LogP contribution < -0.4 is 21.3 Å². The van der Waals surface area contributed by atoms with Crippen molar-refractivity contribution >= 4 is 5.97 Å². The monoisotopic (exact) mass is 659 g/mol. The molecule has 0 aliphatic carbocycles. The number of piperidine rings is 4. The van der Waals surface area contributed by atoms with Gasteiger partial charge in [0.05, 0.1) is 5.41 Å². The maximum atomic E-state index is 15.3. The lowest BCUT2D eigenvalue weighted by molar-refractivity contribution is -0.224. The van der Waals surface area contributed by atoms with Crippen LogP contribution in [0.25, 0.3) is 0 Å². The molecule has 6 heteroatoms. The zero-order valence-corrected chi connectivity index (χ0v) is 34.0. The molecule has 0 bridgehead atoms. The molecular weight excluding hydrogens is 580 g/mol. The van der Waals surface area contributed by atoms with Crippen molar-refractivity contribution in [1.82, 2.24) is 21.3 Å². The molecule has 6 nitrogen and oxygen atoms in total. The molecule has 0 atom stereocenters. The maximum absolute atomic E-state index is 15.3. The Bertz CT molecular complexity index is 1040. The lowest BCUT2D eigenvalue weighted by atomic mass is 9.36. The normalized spacial score (nSPS) is 30.9. The Morgan fingerprint density at radius 3 is 0.830 bits per heavy atom. The molecule has 4 aliphatic heterocycles. The van der Waals surface area contributed by atoms with E-state index >= 15 is 4.79 Å². The van der Waals surface area contributed by atoms with Gasteiger partial charge >= 0.3 is 5.97 Å². The third-order valence-electron chi connectivity index (χ3n) is 13.2. The van der Waals surface area contributed by atoms with E-state index in [9.17, 15) is 5.11 Å². The van der Waals surface area contributed by atoms with Crippen LogP contribution in [0.15, 0.2) is 0 Å². The van der Waals surface area contributed by atoms with Crippen molar-refractivity contribution in [2.45, 2.75) is 220 Å². The lowest BCUT2D eigenvalue weighted by Crippen LogP contribution is -2.74. The average Bonchev–Trinajstić information content (AvgIpc) is 2.73. The fourth-order valence-electron chi connectivity index (χ4n) is 14.2. The van der Waals surface area contributed by atoms with Gasteiger partial charge in [0.15, 0.2) is 0 Å². The Kier molecular flexibility index (Phi) is 9.71. The van der Waals surface area contributed by atoms with E-state index < -0.39 is 16.8 Å². The summed E-state index contributed by atoms with van der Waals surface area (Å²) in [5.41, 5.74) is -2.32. The Balaban J connectivity index is 2.18. The molecular formula is C41H78N4O2. The number of carboxylic acids is 1. The minimum Gasteiger partial charge on any atom is -0.481 e. The van der Waals surface area contributed by atoms with Gasteiger partial charge < -0.3 is 26.4 Å². The average molecular weight is 659 g/mol. The quantitative estimate of drug-likeness (QED) is 0.188. The third kappa shape index (κ3) is 7.66. The molecule has 0 aromatic rings. The molecule has 0 amide bonds. The Morgan fingerprint density at radius 2 is 0.660 bits per heavy atom. The van der Waals surface area contributed by atoms with Crippen molar-refractivity contribution in [1.29, 1.82) is 0 Å². The van der Waals surface area contributed by atoms with Gasteiger partial charge in [-0.15, -0.1) is 0 Å². The second kappa shape index (κ2) is 11.7. The maximum Gasteiger partial charge on any atom is 0.310 e. The molecule has 4 aliphatic rings. The summed E-state index contributed by atoms with van der Waals surface area (Å²) in [6, 6.07) is 0. The number of aliphatic carboxylic acids is 1. The number of hydrogen-bond acceptors (Lipinski definition) is 5. The summed E-state index contributed by atoms with van der Waals surface area (Å²) in [5.74, 6) is 0.115. The first kappa shape index (κ1) is 39.1. The van der Waals surface area contributed by atoms with E-state index in [1.165, 1.54) is 0 Å². The second-order valence-electron chi connectivity index (χ2n) is 22.6. The van der Waals surface area contributed by atoms with Gasteiger partial charge in [0.25, 0.3) is 0 Å². The number of hydrogen-bond donors (Lipinski definition) is 5. The second-order valence-corrected chi connectivity index (χ2v) is 22.6. The summed E-state index contributed by atoms with van der Waals surface area (Å²) in [5, 5.41) is 28.5. The number of rotatable bonds is 7.